The highest BCUT2D eigenvalue weighted by atomic mass is 32.2. The van der Waals surface area contributed by atoms with E-state index in [1.54, 1.807) is 23.3 Å². The molecule has 0 unspecified atom stereocenters. The lowest BCUT2D eigenvalue weighted by Crippen LogP contribution is -2.23. The van der Waals surface area contributed by atoms with Crippen LogP contribution in [0.1, 0.15) is 11.1 Å². The minimum Gasteiger partial charge on any atom is -0.355 e. The summed E-state index contributed by atoms with van der Waals surface area (Å²) in [6, 6.07) is 18.2. The van der Waals surface area contributed by atoms with E-state index in [0.717, 1.165) is 41.8 Å². The van der Waals surface area contributed by atoms with E-state index < -0.39 is 9.73 Å². The third-order valence-electron chi connectivity index (χ3n) is 5.20. The molecule has 0 aliphatic carbocycles. The highest BCUT2D eigenvalue weighted by Crippen LogP contribution is 2.26. The van der Waals surface area contributed by atoms with Gasteiger partial charge in [-0.1, -0.05) is 12.1 Å². The summed E-state index contributed by atoms with van der Waals surface area (Å²) in [6.45, 7) is 1.95. The smallest absolute Gasteiger partial charge is 0.163 e. The fourth-order valence-electron chi connectivity index (χ4n) is 3.81. The molecule has 1 aliphatic rings. The van der Waals surface area contributed by atoms with Crippen molar-refractivity contribution in [3.8, 4) is 5.82 Å². The van der Waals surface area contributed by atoms with E-state index >= 15 is 0 Å². The van der Waals surface area contributed by atoms with Crippen LogP contribution in [0.25, 0.3) is 16.7 Å². The van der Waals surface area contributed by atoms with Crippen LogP contribution in [0.2, 0.25) is 0 Å². The maximum Gasteiger partial charge on any atom is 0.163 e. The number of pyridine rings is 1. The highest BCUT2D eigenvalue weighted by molar-refractivity contribution is 7.92. The molecule has 5 rings (SSSR count). The predicted octanol–water partition coefficient (Wildman–Crippen LogP) is 4.17. The van der Waals surface area contributed by atoms with Crippen LogP contribution in [0.3, 0.4) is 0 Å². The largest absolute Gasteiger partial charge is 0.355 e. The number of fused-ring (bicyclic) bond motifs is 2. The monoisotopic (exact) mass is 432 g/mol. The first kappa shape index (κ1) is 19.7. The Morgan fingerprint density at radius 1 is 1.06 bits per heavy atom. The van der Waals surface area contributed by atoms with Crippen molar-refractivity contribution < 1.29 is 4.21 Å². The summed E-state index contributed by atoms with van der Waals surface area (Å²) in [6.07, 6.45) is 6.08. The molecule has 0 fully saturated rings. The number of aromatic nitrogens is 3. The van der Waals surface area contributed by atoms with E-state index in [1.807, 2.05) is 24.4 Å². The zero-order valence-electron chi connectivity index (χ0n) is 17.5. The van der Waals surface area contributed by atoms with Gasteiger partial charge in [0.05, 0.1) is 11.7 Å². The number of rotatable bonds is 4. The SMILES string of the molecule is CS(C)(=O)=Nc1cccc(-n2ncc3ccc(Nc4ccc5c(c4)CNCC5)cc32)n1. The predicted molar refractivity (Wildman–Crippen MR) is 126 cm³/mol. The second-order valence-corrected chi connectivity index (χ2v) is 10.5. The molecule has 31 heavy (non-hydrogen) atoms. The Kier molecular flexibility index (Phi) is 4.95. The Balaban J connectivity index is 1.49. The summed E-state index contributed by atoms with van der Waals surface area (Å²) in [5, 5.41) is 12.5. The first-order valence-electron chi connectivity index (χ1n) is 10.2. The van der Waals surface area contributed by atoms with Gasteiger partial charge in [-0.2, -0.15) is 9.46 Å². The molecule has 3 heterocycles. The minimum atomic E-state index is -2.28. The Morgan fingerprint density at radius 3 is 2.77 bits per heavy atom. The maximum atomic E-state index is 12.0. The second kappa shape index (κ2) is 7.79. The molecule has 0 saturated heterocycles. The molecule has 0 radical (unpaired) electrons. The molecule has 0 saturated carbocycles. The third-order valence-corrected chi connectivity index (χ3v) is 5.83. The number of nitrogens with zero attached hydrogens (tertiary/aromatic N) is 4. The first-order valence-corrected chi connectivity index (χ1v) is 12.5. The van der Waals surface area contributed by atoms with E-state index in [0.29, 0.717) is 11.6 Å². The van der Waals surface area contributed by atoms with Crippen molar-refractivity contribution in [1.82, 2.24) is 20.1 Å². The molecule has 0 amide bonds. The van der Waals surface area contributed by atoms with Crippen LogP contribution in [-0.4, -0.2) is 38.0 Å². The zero-order chi connectivity index (χ0) is 21.4. The Labute approximate surface area is 181 Å². The quantitative estimate of drug-likeness (QED) is 0.506. The van der Waals surface area contributed by atoms with Crippen LogP contribution in [0.4, 0.5) is 17.2 Å². The van der Waals surface area contributed by atoms with E-state index in [2.05, 4.69) is 55.4 Å². The molecule has 0 spiro atoms. The van der Waals surface area contributed by atoms with Gasteiger partial charge in [-0.15, -0.1) is 0 Å². The molecule has 4 aromatic rings. The molecule has 8 heteroatoms. The lowest BCUT2D eigenvalue weighted by Gasteiger charge is -2.18. The van der Waals surface area contributed by atoms with Crippen molar-refractivity contribution in [3.05, 3.63) is 71.9 Å². The summed E-state index contributed by atoms with van der Waals surface area (Å²) in [4.78, 5) is 4.54. The van der Waals surface area contributed by atoms with Crippen molar-refractivity contribution in [2.24, 2.45) is 4.36 Å². The van der Waals surface area contributed by atoms with Gasteiger partial charge in [0.2, 0.25) is 0 Å². The lowest BCUT2D eigenvalue weighted by molar-refractivity contribution is 0.644. The van der Waals surface area contributed by atoms with Crippen LogP contribution >= 0.6 is 0 Å². The summed E-state index contributed by atoms with van der Waals surface area (Å²) in [5.74, 6) is 1.07. The maximum absolute atomic E-state index is 12.0. The molecule has 158 valence electrons. The van der Waals surface area contributed by atoms with Crippen LogP contribution in [0, 0.1) is 0 Å². The van der Waals surface area contributed by atoms with Gasteiger partial charge < -0.3 is 10.6 Å². The van der Waals surface area contributed by atoms with Crippen molar-refractivity contribution in [2.75, 3.05) is 24.4 Å². The summed E-state index contributed by atoms with van der Waals surface area (Å²) >= 11 is 0. The molecule has 1 aliphatic heterocycles. The van der Waals surface area contributed by atoms with E-state index in [9.17, 15) is 4.21 Å². The summed E-state index contributed by atoms with van der Waals surface area (Å²) < 4.78 is 18.0. The summed E-state index contributed by atoms with van der Waals surface area (Å²) in [7, 11) is -2.28. The zero-order valence-corrected chi connectivity index (χ0v) is 18.3. The van der Waals surface area contributed by atoms with Gasteiger partial charge in [0.15, 0.2) is 11.6 Å². The molecular formula is C23H24N6OS. The normalized spacial score (nSPS) is 13.7. The van der Waals surface area contributed by atoms with Crippen LogP contribution < -0.4 is 10.6 Å². The van der Waals surface area contributed by atoms with Gasteiger partial charge in [0, 0.05) is 45.5 Å². The highest BCUT2D eigenvalue weighted by Gasteiger charge is 2.11. The number of hydrogen-bond donors (Lipinski definition) is 2. The number of anilines is 2. The number of hydrogen-bond acceptors (Lipinski definition) is 6. The van der Waals surface area contributed by atoms with Gasteiger partial charge in [-0.3, -0.25) is 0 Å². The number of benzene rings is 2. The average molecular weight is 433 g/mol. The van der Waals surface area contributed by atoms with E-state index in [-0.39, 0.29) is 0 Å². The Morgan fingerprint density at radius 2 is 1.90 bits per heavy atom. The minimum absolute atomic E-state index is 0.438. The topological polar surface area (TPSA) is 84.2 Å². The Bertz CT molecular complexity index is 1390. The molecule has 2 aromatic carbocycles. The molecule has 7 nitrogen and oxygen atoms in total. The molecule has 0 bridgehead atoms. The average Bonchev–Trinajstić information content (AvgIpc) is 3.16. The summed E-state index contributed by atoms with van der Waals surface area (Å²) in [5.41, 5.74) is 5.73. The molecule has 0 atom stereocenters. The van der Waals surface area contributed by atoms with Crippen molar-refractivity contribution in [2.45, 2.75) is 13.0 Å². The molecule has 2 N–H and O–H groups in total. The van der Waals surface area contributed by atoms with Crippen LogP contribution in [0.15, 0.2) is 65.2 Å². The van der Waals surface area contributed by atoms with Gasteiger partial charge in [0.25, 0.3) is 0 Å². The van der Waals surface area contributed by atoms with E-state index in [1.165, 1.54) is 11.1 Å². The van der Waals surface area contributed by atoms with Crippen LogP contribution in [0.5, 0.6) is 0 Å². The van der Waals surface area contributed by atoms with Gasteiger partial charge in [-0.05, 0) is 66.6 Å². The van der Waals surface area contributed by atoms with Gasteiger partial charge in [-0.25, -0.2) is 13.9 Å². The fraction of sp³-hybridized carbons (Fsp3) is 0.217. The van der Waals surface area contributed by atoms with E-state index in [4.69, 9.17) is 0 Å². The van der Waals surface area contributed by atoms with Gasteiger partial charge >= 0.3 is 0 Å². The van der Waals surface area contributed by atoms with Gasteiger partial charge in [0.1, 0.15) is 0 Å². The standard InChI is InChI=1S/C23H24N6OS/c1-31(2,30)28-22-4-3-5-23(27-22)29-21-13-20(9-7-17(21)15-25-29)26-19-8-6-16-10-11-24-14-18(16)12-19/h3-9,12-13,15,24,26H,10-11,14H2,1-2H3. The number of nitrogens with one attached hydrogen (secondary N) is 2. The van der Waals surface area contributed by atoms with Crippen molar-refractivity contribution in [3.63, 3.8) is 0 Å². The van der Waals surface area contributed by atoms with Crippen molar-refractivity contribution >= 4 is 37.8 Å². The molecule has 2 aromatic heterocycles. The second-order valence-electron chi connectivity index (χ2n) is 7.99. The fourth-order valence-corrected chi connectivity index (χ4v) is 4.36. The lowest BCUT2D eigenvalue weighted by atomic mass is 10.0. The Hall–Kier alpha value is -3.23. The van der Waals surface area contributed by atoms with Crippen LogP contribution in [-0.2, 0) is 22.7 Å². The van der Waals surface area contributed by atoms with Crippen molar-refractivity contribution in [1.29, 1.82) is 0 Å². The third kappa shape index (κ3) is 4.30. The molecular weight excluding hydrogens is 408 g/mol. The first-order chi connectivity index (χ1) is 14.9.